The van der Waals surface area contributed by atoms with Gasteiger partial charge in [-0.25, -0.2) is 4.39 Å². The summed E-state index contributed by atoms with van der Waals surface area (Å²) in [4.78, 5) is 14.7. The number of aromatic nitrogens is 1. The minimum Gasteiger partial charge on any atom is -0.360 e. The smallest absolute Gasteiger partial charge is 0.253 e. The van der Waals surface area contributed by atoms with Crippen LogP contribution in [0.2, 0.25) is 0 Å². The molecule has 1 aliphatic rings. The van der Waals surface area contributed by atoms with Crippen LogP contribution in [0, 0.1) is 5.82 Å². The third-order valence-electron chi connectivity index (χ3n) is 2.80. The molecule has 1 aromatic carbocycles. The molecule has 3 nitrogen and oxygen atoms in total. The summed E-state index contributed by atoms with van der Waals surface area (Å²) in [5.41, 5.74) is 1.24. The number of benzene rings is 1. The number of rotatable bonds is 2. The van der Waals surface area contributed by atoms with E-state index >= 15 is 0 Å². The van der Waals surface area contributed by atoms with Gasteiger partial charge in [0.1, 0.15) is 5.82 Å². The minimum absolute atomic E-state index is 0.0830. The number of carbonyl (C=O) groups excluding carboxylic acids is 1. The molecule has 82 valence electrons. The van der Waals surface area contributed by atoms with Crippen LogP contribution in [0.1, 0.15) is 23.2 Å². The Hall–Kier alpha value is -1.84. The Morgan fingerprint density at radius 1 is 1.44 bits per heavy atom. The first-order chi connectivity index (χ1) is 7.74. The molecule has 0 radical (unpaired) electrons. The van der Waals surface area contributed by atoms with Crippen molar-refractivity contribution >= 4 is 16.8 Å². The maximum atomic E-state index is 12.9. The van der Waals surface area contributed by atoms with Crippen molar-refractivity contribution < 1.29 is 9.18 Å². The van der Waals surface area contributed by atoms with Gasteiger partial charge in [0.05, 0.1) is 5.56 Å². The van der Waals surface area contributed by atoms with Crippen LogP contribution in [0.5, 0.6) is 0 Å². The SMILES string of the molecule is O=C(NC1CC1)c1c[nH]c2cc(F)ccc12. The summed E-state index contributed by atoms with van der Waals surface area (Å²) in [5.74, 6) is -0.385. The topological polar surface area (TPSA) is 44.9 Å². The summed E-state index contributed by atoms with van der Waals surface area (Å²) in [6.45, 7) is 0. The molecule has 1 aromatic heterocycles. The van der Waals surface area contributed by atoms with E-state index in [1.807, 2.05) is 0 Å². The Balaban J connectivity index is 1.99. The van der Waals surface area contributed by atoms with Gasteiger partial charge in [-0.15, -0.1) is 0 Å². The third-order valence-corrected chi connectivity index (χ3v) is 2.80. The molecule has 0 unspecified atom stereocenters. The summed E-state index contributed by atoms with van der Waals surface area (Å²) >= 11 is 0. The minimum atomic E-state index is -0.302. The highest BCUT2D eigenvalue weighted by Crippen LogP contribution is 2.22. The number of halogens is 1. The summed E-state index contributed by atoms with van der Waals surface area (Å²) in [5, 5.41) is 3.67. The molecule has 1 amide bonds. The van der Waals surface area contributed by atoms with E-state index in [1.54, 1.807) is 12.3 Å². The third kappa shape index (κ3) is 1.56. The van der Waals surface area contributed by atoms with E-state index in [2.05, 4.69) is 10.3 Å². The molecule has 2 N–H and O–H groups in total. The average Bonchev–Trinajstić information content (AvgIpc) is 2.96. The van der Waals surface area contributed by atoms with Gasteiger partial charge in [-0.1, -0.05) is 0 Å². The number of fused-ring (bicyclic) bond motifs is 1. The van der Waals surface area contributed by atoms with Crippen molar-refractivity contribution in [3.05, 3.63) is 35.8 Å². The van der Waals surface area contributed by atoms with Gasteiger partial charge in [0.25, 0.3) is 5.91 Å². The number of hydrogen-bond donors (Lipinski definition) is 2. The van der Waals surface area contributed by atoms with Crippen LogP contribution in [0.15, 0.2) is 24.4 Å². The fourth-order valence-corrected chi connectivity index (χ4v) is 1.78. The van der Waals surface area contributed by atoms with Crippen molar-refractivity contribution in [3.63, 3.8) is 0 Å². The van der Waals surface area contributed by atoms with E-state index in [1.165, 1.54) is 12.1 Å². The monoisotopic (exact) mass is 218 g/mol. The zero-order valence-corrected chi connectivity index (χ0v) is 8.59. The number of H-pyrrole nitrogens is 1. The molecular formula is C12H11FN2O. The molecule has 0 aliphatic heterocycles. The predicted octanol–water partition coefficient (Wildman–Crippen LogP) is 2.20. The zero-order valence-electron chi connectivity index (χ0n) is 8.59. The number of amides is 1. The van der Waals surface area contributed by atoms with Gasteiger partial charge in [-0.2, -0.15) is 0 Å². The molecule has 0 atom stereocenters. The fraction of sp³-hybridized carbons (Fsp3) is 0.250. The summed E-state index contributed by atoms with van der Waals surface area (Å²) < 4.78 is 12.9. The summed E-state index contributed by atoms with van der Waals surface area (Å²) in [7, 11) is 0. The summed E-state index contributed by atoms with van der Waals surface area (Å²) in [6, 6.07) is 4.72. The van der Waals surface area contributed by atoms with E-state index in [4.69, 9.17) is 0 Å². The number of carbonyl (C=O) groups is 1. The van der Waals surface area contributed by atoms with Crippen LogP contribution in [-0.2, 0) is 0 Å². The highest BCUT2D eigenvalue weighted by molar-refractivity contribution is 6.06. The summed E-state index contributed by atoms with van der Waals surface area (Å²) in [6.07, 6.45) is 3.74. The molecule has 16 heavy (non-hydrogen) atoms. The molecule has 3 rings (SSSR count). The molecule has 1 saturated carbocycles. The Morgan fingerprint density at radius 2 is 2.25 bits per heavy atom. The van der Waals surface area contributed by atoms with Crippen molar-refractivity contribution in [2.24, 2.45) is 0 Å². The lowest BCUT2D eigenvalue weighted by Gasteiger charge is -2.01. The number of hydrogen-bond acceptors (Lipinski definition) is 1. The molecule has 0 spiro atoms. The van der Waals surface area contributed by atoms with E-state index in [9.17, 15) is 9.18 Å². The highest BCUT2D eigenvalue weighted by Gasteiger charge is 2.24. The van der Waals surface area contributed by atoms with E-state index in [-0.39, 0.29) is 11.7 Å². The van der Waals surface area contributed by atoms with Crippen molar-refractivity contribution in [3.8, 4) is 0 Å². The van der Waals surface area contributed by atoms with Gasteiger partial charge < -0.3 is 10.3 Å². The molecule has 1 heterocycles. The van der Waals surface area contributed by atoms with Gasteiger partial charge in [0.15, 0.2) is 0 Å². The Bertz CT molecular complexity index is 557. The van der Waals surface area contributed by atoms with Crippen molar-refractivity contribution in [2.45, 2.75) is 18.9 Å². The molecule has 2 aromatic rings. The molecule has 0 bridgehead atoms. The second-order valence-corrected chi connectivity index (χ2v) is 4.14. The molecule has 1 fully saturated rings. The molecular weight excluding hydrogens is 207 g/mol. The van der Waals surface area contributed by atoms with Crippen molar-refractivity contribution in [1.82, 2.24) is 10.3 Å². The second-order valence-electron chi connectivity index (χ2n) is 4.14. The standard InChI is InChI=1S/C12H11FN2O/c13-7-1-4-9-10(6-14-11(9)5-7)12(16)15-8-2-3-8/h1,4-6,8,14H,2-3H2,(H,15,16). The Morgan fingerprint density at radius 3 is 3.00 bits per heavy atom. The lowest BCUT2D eigenvalue weighted by atomic mass is 10.1. The zero-order chi connectivity index (χ0) is 11.1. The van der Waals surface area contributed by atoms with Crippen LogP contribution in [-0.4, -0.2) is 16.9 Å². The first-order valence-electron chi connectivity index (χ1n) is 5.31. The van der Waals surface area contributed by atoms with Crippen LogP contribution in [0.3, 0.4) is 0 Å². The average molecular weight is 218 g/mol. The second kappa shape index (κ2) is 3.33. The lowest BCUT2D eigenvalue weighted by molar-refractivity contribution is 0.0953. The van der Waals surface area contributed by atoms with Gasteiger partial charge in [0, 0.05) is 23.1 Å². The van der Waals surface area contributed by atoms with Crippen LogP contribution in [0.4, 0.5) is 4.39 Å². The molecule has 1 aliphatic carbocycles. The predicted molar refractivity (Wildman–Crippen MR) is 58.7 cm³/mol. The fourth-order valence-electron chi connectivity index (χ4n) is 1.78. The van der Waals surface area contributed by atoms with Crippen molar-refractivity contribution in [1.29, 1.82) is 0 Å². The lowest BCUT2D eigenvalue weighted by Crippen LogP contribution is -2.24. The van der Waals surface area contributed by atoms with Crippen molar-refractivity contribution in [2.75, 3.05) is 0 Å². The van der Waals surface area contributed by atoms with Gasteiger partial charge in [-0.05, 0) is 31.0 Å². The normalized spacial score (nSPS) is 15.3. The van der Waals surface area contributed by atoms with Gasteiger partial charge in [-0.3, -0.25) is 4.79 Å². The number of aromatic amines is 1. The van der Waals surface area contributed by atoms with Crippen LogP contribution < -0.4 is 5.32 Å². The first kappa shape index (κ1) is 9.39. The first-order valence-corrected chi connectivity index (χ1v) is 5.31. The van der Waals surface area contributed by atoms with Gasteiger partial charge in [0.2, 0.25) is 0 Å². The highest BCUT2D eigenvalue weighted by atomic mass is 19.1. The van der Waals surface area contributed by atoms with E-state index in [0.717, 1.165) is 18.2 Å². The van der Waals surface area contributed by atoms with Crippen LogP contribution >= 0.6 is 0 Å². The van der Waals surface area contributed by atoms with E-state index in [0.29, 0.717) is 17.1 Å². The molecule has 0 saturated heterocycles. The van der Waals surface area contributed by atoms with Crippen LogP contribution in [0.25, 0.3) is 10.9 Å². The van der Waals surface area contributed by atoms with Gasteiger partial charge >= 0.3 is 0 Å². The number of nitrogens with one attached hydrogen (secondary N) is 2. The maximum absolute atomic E-state index is 12.9. The Kier molecular flexibility index (Phi) is 1.96. The quantitative estimate of drug-likeness (QED) is 0.797. The maximum Gasteiger partial charge on any atom is 0.253 e. The molecule has 4 heteroatoms. The largest absolute Gasteiger partial charge is 0.360 e. The van der Waals surface area contributed by atoms with E-state index < -0.39 is 0 Å². The Labute approximate surface area is 91.7 Å².